The van der Waals surface area contributed by atoms with Gasteiger partial charge in [-0.2, -0.15) is 13.2 Å². The Kier molecular flexibility index (Phi) is 8.25. The van der Waals surface area contributed by atoms with E-state index in [1.807, 2.05) is 0 Å². The van der Waals surface area contributed by atoms with Crippen LogP contribution in [0, 0.1) is 11.6 Å². The Labute approximate surface area is 222 Å². The number of halogens is 6. The molecule has 0 fully saturated rings. The molecule has 4 rings (SSSR count). The predicted octanol–water partition coefficient (Wildman–Crippen LogP) is 7.63. The standard InChI is InChI=1S/C27H20BrF5O5/c1-2-35-26(34)22(11-16-5-3-4-6-19(16)36-14-27(31,32)33)37-20-12-18(30)13-21-23(20)24(28)25(38-21)15-7-9-17(29)10-8-15/h3-10,12-13,22H,2,11,14H2,1H3/t22-/m1/s1. The number of rotatable bonds is 9. The zero-order chi connectivity index (χ0) is 27.4. The van der Waals surface area contributed by atoms with E-state index in [1.54, 1.807) is 13.0 Å². The second-order valence-corrected chi connectivity index (χ2v) is 8.90. The molecule has 11 heteroatoms. The van der Waals surface area contributed by atoms with Crippen molar-refractivity contribution in [2.24, 2.45) is 0 Å². The molecule has 0 aliphatic rings. The van der Waals surface area contributed by atoms with Gasteiger partial charge in [0.15, 0.2) is 12.7 Å². The maximum atomic E-state index is 14.5. The lowest BCUT2D eigenvalue weighted by molar-refractivity contribution is -0.154. The van der Waals surface area contributed by atoms with Crippen LogP contribution >= 0.6 is 15.9 Å². The minimum absolute atomic E-state index is 0.00753. The van der Waals surface area contributed by atoms with Crippen molar-refractivity contribution >= 4 is 32.9 Å². The molecule has 0 unspecified atom stereocenters. The van der Waals surface area contributed by atoms with Crippen LogP contribution in [0.25, 0.3) is 22.3 Å². The Bertz CT molecular complexity index is 1430. The van der Waals surface area contributed by atoms with Gasteiger partial charge in [-0.3, -0.25) is 0 Å². The predicted molar refractivity (Wildman–Crippen MR) is 132 cm³/mol. The van der Waals surface area contributed by atoms with Crippen LogP contribution in [-0.4, -0.2) is 31.5 Å². The smallest absolute Gasteiger partial charge is 0.422 e. The average molecular weight is 599 g/mol. The Morgan fingerprint density at radius 3 is 2.39 bits per heavy atom. The van der Waals surface area contributed by atoms with E-state index >= 15 is 0 Å². The lowest BCUT2D eigenvalue weighted by atomic mass is 10.1. The fourth-order valence-electron chi connectivity index (χ4n) is 3.74. The second-order valence-electron chi connectivity index (χ2n) is 8.10. The minimum Gasteiger partial charge on any atom is -0.484 e. The maximum Gasteiger partial charge on any atom is 0.422 e. The molecule has 1 atom stereocenters. The zero-order valence-electron chi connectivity index (χ0n) is 19.8. The van der Waals surface area contributed by atoms with E-state index in [2.05, 4.69) is 15.9 Å². The molecule has 0 saturated heterocycles. The first-order valence-electron chi connectivity index (χ1n) is 11.3. The normalized spacial score (nSPS) is 12.4. The molecule has 5 nitrogen and oxygen atoms in total. The fourth-order valence-corrected chi connectivity index (χ4v) is 4.44. The summed E-state index contributed by atoms with van der Waals surface area (Å²) in [5.41, 5.74) is 0.835. The number of benzene rings is 3. The number of esters is 1. The van der Waals surface area contributed by atoms with Crippen molar-refractivity contribution in [3.63, 3.8) is 0 Å². The Morgan fingerprint density at radius 1 is 1.00 bits per heavy atom. The zero-order valence-corrected chi connectivity index (χ0v) is 21.4. The summed E-state index contributed by atoms with van der Waals surface area (Å²) in [5, 5.41) is 0.293. The number of hydrogen-bond donors (Lipinski definition) is 0. The van der Waals surface area contributed by atoms with Crippen LogP contribution in [0.5, 0.6) is 11.5 Å². The molecule has 3 aromatic carbocycles. The van der Waals surface area contributed by atoms with Gasteiger partial charge in [-0.1, -0.05) is 18.2 Å². The van der Waals surface area contributed by atoms with Gasteiger partial charge in [0.25, 0.3) is 0 Å². The molecule has 0 amide bonds. The first kappa shape index (κ1) is 27.4. The quantitative estimate of drug-likeness (QED) is 0.146. The van der Waals surface area contributed by atoms with Gasteiger partial charge in [0.2, 0.25) is 0 Å². The topological polar surface area (TPSA) is 57.9 Å². The highest BCUT2D eigenvalue weighted by atomic mass is 79.9. The van der Waals surface area contributed by atoms with E-state index in [-0.39, 0.29) is 41.4 Å². The fraction of sp³-hybridized carbons (Fsp3) is 0.222. The summed E-state index contributed by atoms with van der Waals surface area (Å²) in [6.07, 6.45) is -6.16. The van der Waals surface area contributed by atoms with E-state index in [1.165, 1.54) is 42.5 Å². The van der Waals surface area contributed by atoms with E-state index in [0.29, 0.717) is 15.4 Å². The lowest BCUT2D eigenvalue weighted by Crippen LogP contribution is -2.32. The summed E-state index contributed by atoms with van der Waals surface area (Å²) in [6.45, 7) is 0.0680. The summed E-state index contributed by atoms with van der Waals surface area (Å²) in [7, 11) is 0. The molecule has 1 aromatic heterocycles. The number of furan rings is 1. The largest absolute Gasteiger partial charge is 0.484 e. The van der Waals surface area contributed by atoms with Gasteiger partial charge in [-0.05, 0) is 58.7 Å². The van der Waals surface area contributed by atoms with E-state index in [9.17, 15) is 26.7 Å². The molecule has 200 valence electrons. The van der Waals surface area contributed by atoms with Crippen LogP contribution < -0.4 is 9.47 Å². The summed E-state index contributed by atoms with van der Waals surface area (Å²) in [4.78, 5) is 12.8. The molecule has 0 aliphatic carbocycles. The average Bonchev–Trinajstić information content (AvgIpc) is 3.19. The Morgan fingerprint density at radius 2 is 1.71 bits per heavy atom. The third-order valence-electron chi connectivity index (χ3n) is 5.36. The summed E-state index contributed by atoms with van der Waals surface area (Å²) in [6, 6.07) is 13.5. The molecule has 0 N–H and O–H groups in total. The van der Waals surface area contributed by atoms with Crippen LogP contribution in [0.2, 0.25) is 0 Å². The Balaban J connectivity index is 1.71. The molecule has 0 bridgehead atoms. The number of carbonyl (C=O) groups is 1. The van der Waals surface area contributed by atoms with Gasteiger partial charge >= 0.3 is 12.1 Å². The van der Waals surface area contributed by atoms with Crippen molar-refractivity contribution < 1.29 is 45.4 Å². The number of alkyl halides is 3. The van der Waals surface area contributed by atoms with Gasteiger partial charge in [-0.15, -0.1) is 0 Å². The third kappa shape index (κ3) is 6.45. The molecular formula is C27H20BrF5O5. The van der Waals surface area contributed by atoms with Crippen molar-refractivity contribution in [2.75, 3.05) is 13.2 Å². The molecule has 0 saturated carbocycles. The SMILES string of the molecule is CCOC(=O)[C@@H](Cc1ccccc1OCC(F)(F)F)Oc1cc(F)cc2oc(-c3ccc(F)cc3)c(Br)c12. The van der Waals surface area contributed by atoms with Crippen LogP contribution in [0.15, 0.2) is 69.6 Å². The monoisotopic (exact) mass is 598 g/mol. The van der Waals surface area contributed by atoms with Crippen molar-refractivity contribution in [3.8, 4) is 22.8 Å². The number of hydrogen-bond acceptors (Lipinski definition) is 5. The highest BCUT2D eigenvalue weighted by Crippen LogP contribution is 2.43. The Hall–Kier alpha value is -3.60. The third-order valence-corrected chi connectivity index (χ3v) is 6.11. The highest BCUT2D eigenvalue weighted by Gasteiger charge is 2.30. The molecule has 0 radical (unpaired) electrons. The van der Waals surface area contributed by atoms with Crippen molar-refractivity contribution in [1.82, 2.24) is 0 Å². The van der Waals surface area contributed by atoms with Gasteiger partial charge < -0.3 is 18.6 Å². The van der Waals surface area contributed by atoms with Gasteiger partial charge in [0.1, 0.15) is 34.5 Å². The van der Waals surface area contributed by atoms with Crippen LogP contribution in [-0.2, 0) is 16.0 Å². The van der Waals surface area contributed by atoms with Crippen LogP contribution in [0.3, 0.4) is 0 Å². The number of fused-ring (bicyclic) bond motifs is 1. The highest BCUT2D eigenvalue weighted by molar-refractivity contribution is 9.10. The van der Waals surface area contributed by atoms with Crippen LogP contribution in [0.1, 0.15) is 12.5 Å². The maximum absolute atomic E-state index is 14.5. The van der Waals surface area contributed by atoms with E-state index < -0.39 is 36.5 Å². The molecule has 4 aromatic rings. The minimum atomic E-state index is -4.56. The number of carbonyl (C=O) groups excluding carboxylic acids is 1. The van der Waals surface area contributed by atoms with Crippen molar-refractivity contribution in [3.05, 3.63) is 82.3 Å². The number of para-hydroxylation sites is 1. The van der Waals surface area contributed by atoms with E-state index in [0.717, 1.165) is 12.1 Å². The van der Waals surface area contributed by atoms with Gasteiger partial charge in [0.05, 0.1) is 16.5 Å². The van der Waals surface area contributed by atoms with Crippen molar-refractivity contribution in [1.29, 1.82) is 0 Å². The second kappa shape index (κ2) is 11.4. The molecule has 0 aliphatic heterocycles. The van der Waals surface area contributed by atoms with Gasteiger partial charge in [0, 0.05) is 24.1 Å². The van der Waals surface area contributed by atoms with E-state index in [4.69, 9.17) is 18.6 Å². The molecule has 1 heterocycles. The van der Waals surface area contributed by atoms with Crippen molar-refractivity contribution in [2.45, 2.75) is 25.6 Å². The lowest BCUT2D eigenvalue weighted by Gasteiger charge is -2.20. The van der Waals surface area contributed by atoms with Crippen LogP contribution in [0.4, 0.5) is 22.0 Å². The summed E-state index contributed by atoms with van der Waals surface area (Å²) >= 11 is 3.43. The number of ether oxygens (including phenoxy) is 3. The first-order valence-corrected chi connectivity index (χ1v) is 12.1. The molecule has 0 spiro atoms. The summed E-state index contributed by atoms with van der Waals surface area (Å²) < 4.78 is 88.3. The summed E-state index contributed by atoms with van der Waals surface area (Å²) in [5.74, 6) is -1.88. The van der Waals surface area contributed by atoms with Gasteiger partial charge in [-0.25, -0.2) is 13.6 Å². The molecular weight excluding hydrogens is 579 g/mol. The molecule has 38 heavy (non-hydrogen) atoms. The first-order chi connectivity index (χ1) is 18.1.